The summed E-state index contributed by atoms with van der Waals surface area (Å²) in [6, 6.07) is 13.7. The van der Waals surface area contributed by atoms with E-state index in [4.69, 9.17) is 21.9 Å². The van der Waals surface area contributed by atoms with E-state index in [9.17, 15) is 9.59 Å². The number of ether oxygens (including phenoxy) is 1. The number of esters is 1. The first-order valence-corrected chi connectivity index (χ1v) is 12.6. The SMILES string of the molecule is CCOC(=O)CSc1nc2c(sc(=S)n2-c2ccc(C)cc2C)c(=O)n1-c1ccccc1C. The van der Waals surface area contributed by atoms with Crippen LogP contribution < -0.4 is 5.56 Å². The Morgan fingerprint density at radius 2 is 1.82 bits per heavy atom. The number of carbonyl (C=O) groups is 1. The predicted molar refractivity (Wildman–Crippen MR) is 137 cm³/mol. The third-order valence-electron chi connectivity index (χ3n) is 5.15. The van der Waals surface area contributed by atoms with Gasteiger partial charge >= 0.3 is 5.97 Å². The minimum Gasteiger partial charge on any atom is -0.465 e. The number of aryl methyl sites for hydroxylation is 3. The molecule has 0 saturated carbocycles. The summed E-state index contributed by atoms with van der Waals surface area (Å²) < 4.78 is 9.52. The lowest BCUT2D eigenvalue weighted by atomic mass is 10.1. The molecule has 0 atom stereocenters. The Hall–Kier alpha value is -2.75. The highest BCUT2D eigenvalue weighted by Gasteiger charge is 2.21. The lowest BCUT2D eigenvalue weighted by Crippen LogP contribution is -2.23. The van der Waals surface area contributed by atoms with Gasteiger partial charge in [0, 0.05) is 0 Å². The lowest BCUT2D eigenvalue weighted by molar-refractivity contribution is -0.139. The first-order valence-electron chi connectivity index (χ1n) is 10.4. The van der Waals surface area contributed by atoms with E-state index < -0.39 is 0 Å². The molecule has 0 amide bonds. The molecule has 0 radical (unpaired) electrons. The first kappa shape index (κ1) is 23.4. The molecule has 0 unspecified atom stereocenters. The summed E-state index contributed by atoms with van der Waals surface area (Å²) in [5.74, 6) is -0.309. The fourth-order valence-corrected chi connectivity index (χ4v) is 5.74. The topological polar surface area (TPSA) is 66.1 Å². The Labute approximate surface area is 204 Å². The average molecular weight is 498 g/mol. The van der Waals surface area contributed by atoms with Gasteiger partial charge in [0.1, 0.15) is 4.70 Å². The zero-order chi connectivity index (χ0) is 23.7. The van der Waals surface area contributed by atoms with Crippen LogP contribution in [0.1, 0.15) is 23.6 Å². The van der Waals surface area contributed by atoms with Gasteiger partial charge < -0.3 is 4.74 Å². The van der Waals surface area contributed by atoms with Crippen LogP contribution in [0.5, 0.6) is 0 Å². The first-order chi connectivity index (χ1) is 15.8. The molecule has 0 spiro atoms. The fraction of sp³-hybridized carbons (Fsp3) is 0.250. The number of para-hydroxylation sites is 1. The van der Waals surface area contributed by atoms with Crippen molar-refractivity contribution in [2.45, 2.75) is 32.9 Å². The van der Waals surface area contributed by atoms with E-state index in [1.54, 1.807) is 11.5 Å². The second-order valence-electron chi connectivity index (χ2n) is 7.56. The van der Waals surface area contributed by atoms with Crippen molar-refractivity contribution in [2.24, 2.45) is 0 Å². The third kappa shape index (κ3) is 4.53. The molecule has 0 aliphatic heterocycles. The van der Waals surface area contributed by atoms with E-state index >= 15 is 0 Å². The Morgan fingerprint density at radius 3 is 2.52 bits per heavy atom. The highest BCUT2D eigenvalue weighted by molar-refractivity contribution is 7.99. The lowest BCUT2D eigenvalue weighted by Gasteiger charge is -2.15. The normalized spacial score (nSPS) is 11.2. The number of nitrogens with zero attached hydrogens (tertiary/aromatic N) is 3. The van der Waals surface area contributed by atoms with Crippen LogP contribution in [0.4, 0.5) is 0 Å². The Balaban J connectivity index is 2.00. The zero-order valence-corrected chi connectivity index (χ0v) is 21.2. The van der Waals surface area contributed by atoms with Crippen LogP contribution in [0.15, 0.2) is 52.4 Å². The number of carbonyl (C=O) groups excluding carboxylic acids is 1. The molecule has 4 rings (SSSR count). The molecule has 9 heteroatoms. The van der Waals surface area contributed by atoms with Gasteiger partial charge in [-0.1, -0.05) is 59.0 Å². The highest BCUT2D eigenvalue weighted by Crippen LogP contribution is 2.29. The molecule has 33 heavy (non-hydrogen) atoms. The monoisotopic (exact) mass is 497 g/mol. The van der Waals surface area contributed by atoms with Crippen LogP contribution in [-0.4, -0.2) is 32.4 Å². The molecule has 0 saturated heterocycles. The Kier molecular flexibility index (Phi) is 6.83. The Bertz CT molecular complexity index is 1480. The van der Waals surface area contributed by atoms with Gasteiger partial charge in [-0.3, -0.25) is 18.7 Å². The standard InChI is InChI=1S/C24H23N3O3S3/c1-5-30-19(28)13-32-23-25-21-20(22(29)27(23)17-9-7-6-8-15(17)3)33-24(31)26(21)18-11-10-14(2)12-16(18)4/h6-12H,5,13H2,1-4H3. The molecule has 170 valence electrons. The average Bonchev–Trinajstić information content (AvgIpc) is 3.10. The Morgan fingerprint density at radius 1 is 1.09 bits per heavy atom. The highest BCUT2D eigenvalue weighted by atomic mass is 32.2. The number of hydrogen-bond acceptors (Lipinski definition) is 7. The fourth-order valence-electron chi connectivity index (χ4n) is 3.65. The number of rotatable bonds is 6. The summed E-state index contributed by atoms with van der Waals surface area (Å²) in [6.07, 6.45) is 0. The molecule has 0 aliphatic carbocycles. The van der Waals surface area contributed by atoms with Crippen molar-refractivity contribution in [1.82, 2.24) is 14.1 Å². The quantitative estimate of drug-likeness (QED) is 0.151. The summed E-state index contributed by atoms with van der Waals surface area (Å²) in [7, 11) is 0. The molecule has 6 nitrogen and oxygen atoms in total. The van der Waals surface area contributed by atoms with Crippen molar-refractivity contribution in [1.29, 1.82) is 0 Å². The summed E-state index contributed by atoms with van der Waals surface area (Å²) in [5.41, 5.74) is 5.01. The third-order valence-corrected chi connectivity index (χ3v) is 7.41. The van der Waals surface area contributed by atoms with Crippen LogP contribution in [0.25, 0.3) is 21.7 Å². The molecule has 2 heterocycles. The second-order valence-corrected chi connectivity index (χ2v) is 10.1. The molecule has 0 N–H and O–H groups in total. The summed E-state index contributed by atoms with van der Waals surface area (Å²) in [6.45, 7) is 8.05. The maximum atomic E-state index is 13.8. The smallest absolute Gasteiger partial charge is 0.316 e. The maximum absolute atomic E-state index is 13.8. The second kappa shape index (κ2) is 9.62. The predicted octanol–water partition coefficient (Wildman–Crippen LogP) is 5.55. The molecule has 2 aromatic carbocycles. The van der Waals surface area contributed by atoms with Gasteiger partial charge in [-0.05, 0) is 63.2 Å². The van der Waals surface area contributed by atoms with E-state index in [0.29, 0.717) is 26.1 Å². The van der Waals surface area contributed by atoms with Crippen molar-refractivity contribution < 1.29 is 9.53 Å². The van der Waals surface area contributed by atoms with Gasteiger partial charge in [0.25, 0.3) is 5.56 Å². The molecular formula is C24H23N3O3S3. The van der Waals surface area contributed by atoms with Crippen molar-refractivity contribution in [3.8, 4) is 11.4 Å². The largest absolute Gasteiger partial charge is 0.465 e. The minimum atomic E-state index is -0.357. The van der Waals surface area contributed by atoms with Gasteiger partial charge in [0.15, 0.2) is 14.8 Å². The number of aromatic nitrogens is 3. The van der Waals surface area contributed by atoms with Crippen LogP contribution >= 0.6 is 35.3 Å². The van der Waals surface area contributed by atoms with Gasteiger partial charge in [0.2, 0.25) is 0 Å². The van der Waals surface area contributed by atoms with Crippen LogP contribution in [0, 0.1) is 24.7 Å². The molecule has 0 fully saturated rings. The van der Waals surface area contributed by atoms with E-state index in [2.05, 4.69) is 6.07 Å². The van der Waals surface area contributed by atoms with Crippen LogP contribution in [-0.2, 0) is 9.53 Å². The summed E-state index contributed by atoms with van der Waals surface area (Å²) >= 11 is 8.10. The van der Waals surface area contributed by atoms with E-state index in [-0.39, 0.29) is 17.3 Å². The van der Waals surface area contributed by atoms with Gasteiger partial charge in [0.05, 0.1) is 23.7 Å². The maximum Gasteiger partial charge on any atom is 0.316 e. The number of benzene rings is 2. The van der Waals surface area contributed by atoms with E-state index in [1.807, 2.05) is 61.7 Å². The summed E-state index contributed by atoms with van der Waals surface area (Å²) in [5, 5.41) is 0.418. The number of fused-ring (bicyclic) bond motifs is 1. The zero-order valence-electron chi connectivity index (χ0n) is 18.7. The van der Waals surface area contributed by atoms with Crippen molar-refractivity contribution in [2.75, 3.05) is 12.4 Å². The molecular weight excluding hydrogens is 474 g/mol. The molecule has 0 bridgehead atoms. The minimum absolute atomic E-state index is 0.0477. The van der Waals surface area contributed by atoms with Crippen LogP contribution in [0.3, 0.4) is 0 Å². The summed E-state index contributed by atoms with van der Waals surface area (Å²) in [4.78, 5) is 30.7. The number of hydrogen-bond donors (Lipinski definition) is 0. The van der Waals surface area contributed by atoms with Crippen molar-refractivity contribution in [3.63, 3.8) is 0 Å². The van der Waals surface area contributed by atoms with Crippen molar-refractivity contribution >= 4 is 51.6 Å². The molecule has 0 aliphatic rings. The number of thioether (sulfide) groups is 1. The van der Waals surface area contributed by atoms with Gasteiger partial charge in [-0.15, -0.1) is 0 Å². The van der Waals surface area contributed by atoms with Gasteiger partial charge in [-0.2, -0.15) is 0 Å². The van der Waals surface area contributed by atoms with Gasteiger partial charge in [-0.25, -0.2) is 4.98 Å². The van der Waals surface area contributed by atoms with Crippen molar-refractivity contribution in [3.05, 3.63) is 73.5 Å². The van der Waals surface area contributed by atoms with E-state index in [1.165, 1.54) is 23.1 Å². The molecule has 2 aromatic heterocycles. The van der Waals surface area contributed by atoms with E-state index in [0.717, 1.165) is 28.1 Å². The number of thiazole rings is 1. The van der Waals surface area contributed by atoms with Crippen LogP contribution in [0.2, 0.25) is 0 Å². The molecule has 4 aromatic rings.